The highest BCUT2D eigenvalue weighted by molar-refractivity contribution is 4.88. The Morgan fingerprint density at radius 2 is 1.94 bits per heavy atom. The Morgan fingerprint density at radius 1 is 1.31 bits per heavy atom. The molecule has 16 heavy (non-hydrogen) atoms. The van der Waals surface area contributed by atoms with Gasteiger partial charge in [-0.15, -0.1) is 0 Å². The van der Waals surface area contributed by atoms with E-state index in [0.29, 0.717) is 5.41 Å². The molecule has 0 amide bonds. The molecule has 1 aliphatic rings. The highest BCUT2D eigenvalue weighted by Gasteiger charge is 2.38. The Morgan fingerprint density at radius 3 is 2.50 bits per heavy atom. The molecule has 1 saturated carbocycles. The Labute approximate surface area is 100 Å². The van der Waals surface area contributed by atoms with E-state index in [2.05, 4.69) is 34.6 Å². The molecule has 0 bridgehead atoms. The van der Waals surface area contributed by atoms with E-state index in [0.717, 1.165) is 25.9 Å². The monoisotopic (exact) mass is 228 g/mol. The first-order valence-corrected chi connectivity index (χ1v) is 6.52. The molecule has 0 radical (unpaired) electrons. The van der Waals surface area contributed by atoms with Gasteiger partial charge in [-0.2, -0.15) is 0 Å². The van der Waals surface area contributed by atoms with Gasteiger partial charge in [-0.3, -0.25) is 0 Å². The maximum absolute atomic E-state index is 10.2. The van der Waals surface area contributed by atoms with Crippen molar-refractivity contribution in [1.29, 1.82) is 0 Å². The third-order valence-corrected chi connectivity index (χ3v) is 3.65. The van der Waals surface area contributed by atoms with Crippen molar-refractivity contribution in [3.05, 3.63) is 0 Å². The minimum Gasteiger partial charge on any atom is -0.390 e. The van der Waals surface area contributed by atoms with Gasteiger partial charge in [0.1, 0.15) is 0 Å². The van der Waals surface area contributed by atoms with Gasteiger partial charge in [0.25, 0.3) is 0 Å². The molecule has 0 aromatic carbocycles. The van der Waals surface area contributed by atoms with Crippen LogP contribution in [0, 0.1) is 10.8 Å². The number of aliphatic hydroxyl groups excluding tert-OH is 1. The predicted octanol–water partition coefficient (Wildman–Crippen LogP) is 3.38. The van der Waals surface area contributed by atoms with Crippen LogP contribution >= 0.6 is 0 Å². The van der Waals surface area contributed by atoms with Crippen LogP contribution in [0.5, 0.6) is 0 Å². The fourth-order valence-corrected chi connectivity index (χ4v) is 2.26. The first kappa shape index (κ1) is 14.0. The average molecular weight is 228 g/mol. The Kier molecular flexibility index (Phi) is 4.42. The molecule has 1 rings (SSSR count). The molecular weight excluding hydrogens is 200 g/mol. The zero-order valence-corrected chi connectivity index (χ0v) is 11.5. The van der Waals surface area contributed by atoms with Crippen LogP contribution in [0.3, 0.4) is 0 Å². The highest BCUT2D eigenvalue weighted by Crippen LogP contribution is 2.37. The van der Waals surface area contributed by atoms with Gasteiger partial charge in [0.15, 0.2) is 0 Å². The largest absolute Gasteiger partial charge is 0.390 e. The molecular formula is C14H28O2. The minimum absolute atomic E-state index is 0.0185. The van der Waals surface area contributed by atoms with E-state index < -0.39 is 0 Å². The molecule has 1 fully saturated rings. The third kappa shape index (κ3) is 4.06. The maximum Gasteiger partial charge on any atom is 0.0852 e. The zero-order chi connectivity index (χ0) is 12.4. The fourth-order valence-electron chi connectivity index (χ4n) is 2.26. The molecule has 0 saturated heterocycles. The molecule has 2 heteroatoms. The molecule has 96 valence electrons. The summed E-state index contributed by atoms with van der Waals surface area (Å²) in [6, 6.07) is 0. The van der Waals surface area contributed by atoms with Crippen molar-refractivity contribution >= 4 is 0 Å². The van der Waals surface area contributed by atoms with Gasteiger partial charge in [0, 0.05) is 6.61 Å². The van der Waals surface area contributed by atoms with E-state index in [1.807, 2.05) is 0 Å². The summed E-state index contributed by atoms with van der Waals surface area (Å²) < 4.78 is 5.86. The van der Waals surface area contributed by atoms with Crippen molar-refractivity contribution < 1.29 is 9.84 Å². The first-order chi connectivity index (χ1) is 7.22. The topological polar surface area (TPSA) is 29.5 Å². The van der Waals surface area contributed by atoms with Gasteiger partial charge in [-0.05, 0) is 30.1 Å². The highest BCUT2D eigenvalue weighted by atomic mass is 16.5. The SMILES string of the molecule is CC(C)(C)CCOC1CCCC(C)(C)C1O. The van der Waals surface area contributed by atoms with Crippen LogP contribution in [0.1, 0.15) is 60.3 Å². The van der Waals surface area contributed by atoms with Gasteiger partial charge in [0.2, 0.25) is 0 Å². The number of hydrogen-bond acceptors (Lipinski definition) is 2. The van der Waals surface area contributed by atoms with Crippen LogP contribution in [-0.4, -0.2) is 23.9 Å². The average Bonchev–Trinajstić information content (AvgIpc) is 2.10. The Bertz CT molecular complexity index is 215. The normalized spacial score (nSPS) is 30.4. The van der Waals surface area contributed by atoms with Crippen LogP contribution in [0.25, 0.3) is 0 Å². The predicted molar refractivity (Wildman–Crippen MR) is 67.5 cm³/mol. The van der Waals surface area contributed by atoms with E-state index >= 15 is 0 Å². The van der Waals surface area contributed by atoms with Gasteiger partial charge in [-0.1, -0.05) is 41.0 Å². The second-order valence-electron chi connectivity index (χ2n) is 7.05. The second kappa shape index (κ2) is 5.05. The summed E-state index contributed by atoms with van der Waals surface area (Å²) in [7, 11) is 0. The molecule has 2 atom stereocenters. The molecule has 0 aliphatic heterocycles. The molecule has 0 heterocycles. The van der Waals surface area contributed by atoms with Crippen molar-refractivity contribution in [3.8, 4) is 0 Å². The van der Waals surface area contributed by atoms with Crippen LogP contribution in [-0.2, 0) is 4.74 Å². The quantitative estimate of drug-likeness (QED) is 0.802. The number of hydrogen-bond donors (Lipinski definition) is 1. The van der Waals surface area contributed by atoms with Gasteiger partial charge in [0.05, 0.1) is 12.2 Å². The number of aliphatic hydroxyl groups is 1. The van der Waals surface area contributed by atoms with E-state index in [-0.39, 0.29) is 17.6 Å². The number of ether oxygens (including phenoxy) is 1. The van der Waals surface area contributed by atoms with Gasteiger partial charge < -0.3 is 9.84 Å². The van der Waals surface area contributed by atoms with E-state index in [1.165, 1.54) is 6.42 Å². The lowest BCUT2D eigenvalue weighted by Gasteiger charge is -2.40. The summed E-state index contributed by atoms with van der Waals surface area (Å²) >= 11 is 0. The second-order valence-corrected chi connectivity index (χ2v) is 7.05. The lowest BCUT2D eigenvalue weighted by Crippen LogP contribution is -2.44. The van der Waals surface area contributed by atoms with Crippen molar-refractivity contribution in [2.75, 3.05) is 6.61 Å². The summed E-state index contributed by atoms with van der Waals surface area (Å²) in [5.74, 6) is 0. The molecule has 1 aliphatic carbocycles. The van der Waals surface area contributed by atoms with E-state index in [4.69, 9.17) is 4.74 Å². The molecule has 0 spiro atoms. The summed E-state index contributed by atoms with van der Waals surface area (Å²) in [6.45, 7) is 11.7. The molecule has 2 unspecified atom stereocenters. The standard InChI is InChI=1S/C14H28O2/c1-13(2,3)9-10-16-11-7-6-8-14(4,5)12(11)15/h11-12,15H,6-10H2,1-5H3. The summed E-state index contributed by atoms with van der Waals surface area (Å²) in [5.41, 5.74) is 0.333. The van der Waals surface area contributed by atoms with Crippen LogP contribution in [0.4, 0.5) is 0 Å². The first-order valence-electron chi connectivity index (χ1n) is 6.52. The maximum atomic E-state index is 10.2. The van der Waals surface area contributed by atoms with E-state index in [1.54, 1.807) is 0 Å². The van der Waals surface area contributed by atoms with Crippen molar-refractivity contribution in [2.45, 2.75) is 72.5 Å². The summed E-state index contributed by atoms with van der Waals surface area (Å²) in [4.78, 5) is 0. The summed E-state index contributed by atoms with van der Waals surface area (Å²) in [5, 5.41) is 10.2. The third-order valence-electron chi connectivity index (χ3n) is 3.65. The number of rotatable bonds is 3. The van der Waals surface area contributed by atoms with Crippen molar-refractivity contribution in [3.63, 3.8) is 0 Å². The summed E-state index contributed by atoms with van der Waals surface area (Å²) in [6.07, 6.45) is 4.08. The minimum atomic E-state index is -0.304. The molecule has 1 N–H and O–H groups in total. The molecule has 2 nitrogen and oxygen atoms in total. The van der Waals surface area contributed by atoms with Gasteiger partial charge >= 0.3 is 0 Å². The van der Waals surface area contributed by atoms with Crippen LogP contribution < -0.4 is 0 Å². The van der Waals surface area contributed by atoms with E-state index in [9.17, 15) is 5.11 Å². The smallest absolute Gasteiger partial charge is 0.0852 e. The van der Waals surface area contributed by atoms with Crippen LogP contribution in [0.2, 0.25) is 0 Å². The van der Waals surface area contributed by atoms with Crippen molar-refractivity contribution in [2.24, 2.45) is 10.8 Å². The molecule has 0 aromatic rings. The Hall–Kier alpha value is -0.0800. The van der Waals surface area contributed by atoms with Gasteiger partial charge in [-0.25, -0.2) is 0 Å². The lowest BCUT2D eigenvalue weighted by atomic mass is 9.73. The van der Waals surface area contributed by atoms with Crippen molar-refractivity contribution in [1.82, 2.24) is 0 Å². The van der Waals surface area contributed by atoms with Crippen LogP contribution in [0.15, 0.2) is 0 Å². The molecule has 0 aromatic heterocycles. The fraction of sp³-hybridized carbons (Fsp3) is 1.00. The Balaban J connectivity index is 2.37. The zero-order valence-electron chi connectivity index (χ0n) is 11.5. The lowest BCUT2D eigenvalue weighted by molar-refractivity contribution is -0.115.